The summed E-state index contributed by atoms with van der Waals surface area (Å²) in [5.74, 6) is 5.87. The highest BCUT2D eigenvalue weighted by Crippen LogP contribution is 2.39. The number of nitriles is 1. The van der Waals surface area contributed by atoms with Crippen LogP contribution in [0.2, 0.25) is 0 Å². The van der Waals surface area contributed by atoms with Crippen molar-refractivity contribution in [1.82, 2.24) is 10.3 Å². The fourth-order valence-electron chi connectivity index (χ4n) is 4.90. The first-order valence-electron chi connectivity index (χ1n) is 11.5. The van der Waals surface area contributed by atoms with Crippen LogP contribution in [-0.4, -0.2) is 29.8 Å². The molecule has 2 amide bonds. The average Bonchev–Trinajstić information content (AvgIpc) is 2.82. The monoisotopic (exact) mass is 430 g/mol. The predicted molar refractivity (Wildman–Crippen MR) is 123 cm³/mol. The molecule has 0 radical (unpaired) electrons. The van der Waals surface area contributed by atoms with Gasteiger partial charge < -0.3 is 4.90 Å². The zero-order valence-electron chi connectivity index (χ0n) is 18.6. The fourth-order valence-corrected chi connectivity index (χ4v) is 4.90. The summed E-state index contributed by atoms with van der Waals surface area (Å²) in [7, 11) is 0. The van der Waals surface area contributed by atoms with Crippen LogP contribution in [0.25, 0.3) is 0 Å². The van der Waals surface area contributed by atoms with Gasteiger partial charge in [0.05, 0.1) is 11.6 Å². The number of carbonyl (C=O) groups excluding carboxylic acids is 2. The van der Waals surface area contributed by atoms with Crippen LogP contribution in [0.1, 0.15) is 93.8 Å². The zero-order valence-corrected chi connectivity index (χ0v) is 18.6. The van der Waals surface area contributed by atoms with E-state index >= 15 is 0 Å². The van der Waals surface area contributed by atoms with Gasteiger partial charge in [-0.1, -0.05) is 31.5 Å². The molecular formula is C26H30N4O2. The third-order valence-electron chi connectivity index (χ3n) is 7.10. The lowest BCUT2D eigenvalue weighted by Gasteiger charge is -2.33. The van der Waals surface area contributed by atoms with Crippen molar-refractivity contribution in [2.24, 2.45) is 5.84 Å². The molecule has 1 aliphatic carbocycles. The molecule has 2 aromatic rings. The van der Waals surface area contributed by atoms with Crippen molar-refractivity contribution in [3.8, 4) is 6.07 Å². The molecule has 6 heteroatoms. The maximum atomic E-state index is 13.5. The lowest BCUT2D eigenvalue weighted by molar-refractivity contribution is 0.0712. The molecule has 32 heavy (non-hydrogen) atoms. The van der Waals surface area contributed by atoms with Crippen LogP contribution in [0.15, 0.2) is 36.4 Å². The Kier molecular flexibility index (Phi) is 6.57. The van der Waals surface area contributed by atoms with Crippen molar-refractivity contribution in [3.05, 3.63) is 69.8 Å². The minimum atomic E-state index is -0.330. The number of nitrogens with zero attached hydrogens (tertiary/aromatic N) is 2. The molecule has 3 N–H and O–H groups in total. The molecule has 1 heterocycles. The number of likely N-dealkylation sites (tertiary alicyclic amines) is 1. The molecule has 2 aromatic carbocycles. The van der Waals surface area contributed by atoms with Gasteiger partial charge in [0.2, 0.25) is 0 Å². The van der Waals surface area contributed by atoms with Crippen LogP contribution < -0.4 is 11.3 Å². The highest BCUT2D eigenvalue weighted by Gasteiger charge is 2.30. The van der Waals surface area contributed by atoms with Crippen molar-refractivity contribution in [2.45, 2.75) is 57.3 Å². The Bertz CT molecular complexity index is 1040. The van der Waals surface area contributed by atoms with Crippen LogP contribution >= 0.6 is 0 Å². The Morgan fingerprint density at radius 1 is 1.06 bits per heavy atom. The molecule has 4 rings (SSSR count). The molecule has 0 atom stereocenters. The Hall–Kier alpha value is -3.17. The molecule has 0 bridgehead atoms. The van der Waals surface area contributed by atoms with E-state index in [9.17, 15) is 9.59 Å². The van der Waals surface area contributed by atoms with Gasteiger partial charge in [0.15, 0.2) is 0 Å². The van der Waals surface area contributed by atoms with Gasteiger partial charge in [-0.2, -0.15) is 5.26 Å². The number of nitrogens with two attached hydrogens (primary N) is 1. The molecule has 1 saturated heterocycles. The first-order chi connectivity index (χ1) is 15.5. The number of nitrogens with one attached hydrogen (secondary N) is 1. The molecule has 2 aliphatic rings. The fraction of sp³-hybridized carbons (Fsp3) is 0.423. The predicted octanol–water partition coefficient (Wildman–Crippen LogP) is 4.01. The molecule has 2 fully saturated rings. The molecule has 6 nitrogen and oxygen atoms in total. The number of hydrogen-bond acceptors (Lipinski definition) is 4. The third-order valence-corrected chi connectivity index (χ3v) is 7.10. The number of hydrogen-bond donors (Lipinski definition) is 2. The van der Waals surface area contributed by atoms with Gasteiger partial charge in [0.1, 0.15) is 0 Å². The average molecular weight is 431 g/mol. The van der Waals surface area contributed by atoms with Gasteiger partial charge in [-0.3, -0.25) is 15.0 Å². The van der Waals surface area contributed by atoms with E-state index in [0.717, 1.165) is 43.2 Å². The van der Waals surface area contributed by atoms with Gasteiger partial charge in [-0.25, -0.2) is 5.84 Å². The molecule has 0 aromatic heterocycles. The normalized spacial score (nSPS) is 16.8. The summed E-state index contributed by atoms with van der Waals surface area (Å²) >= 11 is 0. The Balaban J connectivity index is 1.53. The van der Waals surface area contributed by atoms with E-state index in [1.807, 2.05) is 29.2 Å². The van der Waals surface area contributed by atoms with Crippen LogP contribution in [0.4, 0.5) is 0 Å². The Morgan fingerprint density at radius 2 is 1.75 bits per heavy atom. The number of carbonyl (C=O) groups is 2. The largest absolute Gasteiger partial charge is 0.339 e. The van der Waals surface area contributed by atoms with Crippen molar-refractivity contribution < 1.29 is 9.59 Å². The molecule has 0 spiro atoms. The molecule has 0 unspecified atom stereocenters. The van der Waals surface area contributed by atoms with Gasteiger partial charge in [0.25, 0.3) is 11.8 Å². The molecule has 1 aliphatic heterocycles. The summed E-state index contributed by atoms with van der Waals surface area (Å²) in [6.45, 7) is 3.40. The van der Waals surface area contributed by atoms with E-state index in [-0.39, 0.29) is 11.8 Å². The number of hydrazine groups is 1. The van der Waals surface area contributed by atoms with E-state index in [2.05, 4.69) is 24.5 Å². The quantitative estimate of drug-likeness (QED) is 0.425. The first kappa shape index (κ1) is 22.0. The maximum absolute atomic E-state index is 13.5. The highest BCUT2D eigenvalue weighted by molar-refractivity contribution is 6.01. The van der Waals surface area contributed by atoms with Gasteiger partial charge in [-0.15, -0.1) is 0 Å². The number of benzene rings is 2. The molecule has 166 valence electrons. The second-order valence-corrected chi connectivity index (χ2v) is 8.85. The van der Waals surface area contributed by atoms with Crippen molar-refractivity contribution in [3.63, 3.8) is 0 Å². The number of amides is 2. The van der Waals surface area contributed by atoms with Gasteiger partial charge >= 0.3 is 0 Å². The highest BCUT2D eigenvalue weighted by atomic mass is 16.2. The van der Waals surface area contributed by atoms with Crippen LogP contribution in [0.5, 0.6) is 0 Å². The smallest absolute Gasteiger partial charge is 0.265 e. The maximum Gasteiger partial charge on any atom is 0.265 e. The molecule has 1 saturated carbocycles. The van der Waals surface area contributed by atoms with Crippen LogP contribution in [0, 0.1) is 11.3 Å². The Morgan fingerprint density at radius 3 is 2.28 bits per heavy atom. The van der Waals surface area contributed by atoms with E-state index < -0.39 is 0 Å². The summed E-state index contributed by atoms with van der Waals surface area (Å²) in [4.78, 5) is 27.9. The zero-order chi connectivity index (χ0) is 22.7. The van der Waals surface area contributed by atoms with Crippen molar-refractivity contribution in [2.75, 3.05) is 13.1 Å². The number of piperidine rings is 1. The van der Waals surface area contributed by atoms with E-state index in [0.29, 0.717) is 41.6 Å². The number of rotatable bonds is 5. The standard InChI is InChI=1S/C26H30N4O2/c1-2-18-14-22(21-4-3-5-21)24(25(31)29-28)15-23(18)26(32)30-12-10-20(11-13-30)19-8-6-17(16-27)7-9-19/h6-9,14-15,20-21H,2-5,10-13,28H2,1H3,(H,29,31). The summed E-state index contributed by atoms with van der Waals surface area (Å²) in [5, 5.41) is 8.99. The summed E-state index contributed by atoms with van der Waals surface area (Å²) in [6, 6.07) is 13.7. The Labute approximate surface area is 189 Å². The van der Waals surface area contributed by atoms with Crippen LogP contribution in [-0.2, 0) is 6.42 Å². The second-order valence-electron chi connectivity index (χ2n) is 8.85. The summed E-state index contributed by atoms with van der Waals surface area (Å²) in [5.41, 5.74) is 7.31. The minimum Gasteiger partial charge on any atom is -0.339 e. The lowest BCUT2D eigenvalue weighted by Crippen LogP contribution is -2.39. The first-order valence-corrected chi connectivity index (χ1v) is 11.5. The molecular weight excluding hydrogens is 400 g/mol. The lowest BCUT2D eigenvalue weighted by atomic mass is 9.76. The summed E-state index contributed by atoms with van der Waals surface area (Å²) in [6.07, 6.45) is 5.83. The number of nitrogen functional groups attached to an aromatic ring is 1. The van der Waals surface area contributed by atoms with E-state index in [1.165, 1.54) is 12.0 Å². The van der Waals surface area contributed by atoms with Crippen molar-refractivity contribution >= 4 is 11.8 Å². The van der Waals surface area contributed by atoms with Crippen LogP contribution in [0.3, 0.4) is 0 Å². The SMILES string of the molecule is CCc1cc(C2CCC2)c(C(=O)NN)cc1C(=O)N1CCC(c2ccc(C#N)cc2)CC1. The van der Waals surface area contributed by atoms with E-state index in [1.54, 1.807) is 6.07 Å². The topological polar surface area (TPSA) is 99.2 Å². The van der Waals surface area contributed by atoms with Crippen molar-refractivity contribution in [1.29, 1.82) is 5.26 Å². The summed E-state index contributed by atoms with van der Waals surface area (Å²) < 4.78 is 0. The second kappa shape index (κ2) is 9.54. The van der Waals surface area contributed by atoms with E-state index in [4.69, 9.17) is 11.1 Å². The van der Waals surface area contributed by atoms with Gasteiger partial charge in [0, 0.05) is 24.2 Å². The van der Waals surface area contributed by atoms with Gasteiger partial charge in [-0.05, 0) is 78.8 Å². The third kappa shape index (κ3) is 4.26. The minimum absolute atomic E-state index is 0.00800. The number of aryl methyl sites for hydroxylation is 1.